The van der Waals surface area contributed by atoms with Crippen molar-refractivity contribution >= 4 is 17.5 Å². The van der Waals surface area contributed by atoms with E-state index in [2.05, 4.69) is 17.6 Å². The number of amides is 2. The molecule has 0 fully saturated rings. The molecular formula is C20H24N2O3. The Bertz CT molecular complexity index is 726. The average molecular weight is 340 g/mol. The van der Waals surface area contributed by atoms with Crippen LogP contribution in [0.1, 0.15) is 36.7 Å². The fraction of sp³-hybridized carbons (Fsp3) is 0.300. The molecule has 0 bridgehead atoms. The molecule has 132 valence electrons. The fourth-order valence-corrected chi connectivity index (χ4v) is 2.34. The van der Waals surface area contributed by atoms with Gasteiger partial charge in [0.15, 0.2) is 6.10 Å². The minimum Gasteiger partial charge on any atom is -0.481 e. The van der Waals surface area contributed by atoms with E-state index in [9.17, 15) is 9.59 Å². The van der Waals surface area contributed by atoms with Gasteiger partial charge in [0, 0.05) is 6.54 Å². The largest absolute Gasteiger partial charge is 0.481 e. The highest BCUT2D eigenvalue weighted by molar-refractivity contribution is 6.04. The second-order valence-electron chi connectivity index (χ2n) is 5.65. The van der Waals surface area contributed by atoms with E-state index < -0.39 is 6.10 Å². The average Bonchev–Trinajstić information content (AvgIpc) is 2.63. The number of ether oxygens (including phenoxy) is 1. The van der Waals surface area contributed by atoms with Crippen LogP contribution in [0.3, 0.4) is 0 Å². The first-order chi connectivity index (χ1) is 12.0. The van der Waals surface area contributed by atoms with Crippen molar-refractivity contribution in [3.05, 3.63) is 59.7 Å². The van der Waals surface area contributed by atoms with E-state index >= 15 is 0 Å². The van der Waals surface area contributed by atoms with Crippen LogP contribution in [0, 0.1) is 0 Å². The third-order valence-electron chi connectivity index (χ3n) is 3.78. The lowest BCUT2D eigenvalue weighted by molar-refractivity contribution is -0.122. The highest BCUT2D eigenvalue weighted by Crippen LogP contribution is 2.17. The highest BCUT2D eigenvalue weighted by atomic mass is 16.5. The van der Waals surface area contributed by atoms with Crippen molar-refractivity contribution in [3.63, 3.8) is 0 Å². The maximum absolute atomic E-state index is 12.4. The Morgan fingerprint density at radius 2 is 1.72 bits per heavy atom. The molecule has 0 heterocycles. The molecule has 0 saturated carbocycles. The number of nitrogens with one attached hydrogen (secondary N) is 2. The van der Waals surface area contributed by atoms with Crippen LogP contribution in [-0.2, 0) is 11.2 Å². The molecule has 0 aromatic heterocycles. The van der Waals surface area contributed by atoms with Gasteiger partial charge in [-0.15, -0.1) is 0 Å². The number of benzene rings is 2. The zero-order chi connectivity index (χ0) is 18.2. The summed E-state index contributed by atoms with van der Waals surface area (Å²) in [5.74, 6) is 0.107. The van der Waals surface area contributed by atoms with Crippen LogP contribution in [-0.4, -0.2) is 24.5 Å². The van der Waals surface area contributed by atoms with E-state index in [1.165, 1.54) is 5.56 Å². The number of aryl methyl sites for hydroxylation is 1. The molecule has 1 atom stereocenters. The Kier molecular flexibility index (Phi) is 6.57. The summed E-state index contributed by atoms with van der Waals surface area (Å²) in [5, 5.41) is 5.50. The maximum Gasteiger partial charge on any atom is 0.265 e. The first-order valence-electron chi connectivity index (χ1n) is 8.48. The quantitative estimate of drug-likeness (QED) is 0.812. The van der Waals surface area contributed by atoms with Crippen molar-refractivity contribution in [3.8, 4) is 5.75 Å². The van der Waals surface area contributed by atoms with Crippen LogP contribution in [0.4, 0.5) is 5.69 Å². The van der Waals surface area contributed by atoms with Crippen LogP contribution in [0.2, 0.25) is 0 Å². The minimum absolute atomic E-state index is 0.220. The van der Waals surface area contributed by atoms with Crippen LogP contribution < -0.4 is 15.4 Å². The van der Waals surface area contributed by atoms with Crippen molar-refractivity contribution in [2.24, 2.45) is 0 Å². The Morgan fingerprint density at radius 1 is 1.04 bits per heavy atom. The Hall–Kier alpha value is -2.82. The van der Waals surface area contributed by atoms with E-state index in [1.54, 1.807) is 31.2 Å². The lowest BCUT2D eigenvalue weighted by Gasteiger charge is -2.16. The van der Waals surface area contributed by atoms with E-state index in [0.717, 1.165) is 6.42 Å². The Labute approximate surface area is 148 Å². The van der Waals surface area contributed by atoms with Gasteiger partial charge in [0.1, 0.15) is 5.75 Å². The van der Waals surface area contributed by atoms with Gasteiger partial charge in [0.25, 0.3) is 11.8 Å². The minimum atomic E-state index is -0.685. The molecule has 2 rings (SSSR count). The van der Waals surface area contributed by atoms with Crippen LogP contribution >= 0.6 is 0 Å². The molecule has 25 heavy (non-hydrogen) atoms. The normalized spacial score (nSPS) is 11.5. The van der Waals surface area contributed by atoms with Gasteiger partial charge in [-0.1, -0.05) is 31.2 Å². The molecule has 0 aliphatic rings. The number of para-hydroxylation sites is 1. The predicted molar refractivity (Wildman–Crippen MR) is 99.0 cm³/mol. The second kappa shape index (κ2) is 8.87. The van der Waals surface area contributed by atoms with Gasteiger partial charge in [0.05, 0.1) is 11.3 Å². The molecule has 2 aromatic rings. The molecule has 1 unspecified atom stereocenters. The molecule has 0 radical (unpaired) electrons. The molecule has 2 N–H and O–H groups in total. The second-order valence-corrected chi connectivity index (χ2v) is 5.65. The third-order valence-corrected chi connectivity index (χ3v) is 3.78. The molecule has 0 aliphatic carbocycles. The molecule has 0 aliphatic heterocycles. The number of hydrogen-bond acceptors (Lipinski definition) is 3. The zero-order valence-corrected chi connectivity index (χ0v) is 14.8. The number of anilines is 1. The number of carbonyl (C=O) groups is 2. The lowest BCUT2D eigenvalue weighted by Crippen LogP contribution is -2.31. The van der Waals surface area contributed by atoms with Gasteiger partial charge in [-0.25, -0.2) is 0 Å². The van der Waals surface area contributed by atoms with Gasteiger partial charge >= 0.3 is 0 Å². The maximum atomic E-state index is 12.4. The molecule has 5 heteroatoms. The molecular weight excluding hydrogens is 316 g/mol. The van der Waals surface area contributed by atoms with Crippen LogP contribution in [0.5, 0.6) is 5.75 Å². The summed E-state index contributed by atoms with van der Waals surface area (Å²) in [6.45, 7) is 6.13. The van der Waals surface area contributed by atoms with Crippen molar-refractivity contribution in [2.45, 2.75) is 33.3 Å². The van der Waals surface area contributed by atoms with Crippen LogP contribution in [0.25, 0.3) is 0 Å². The van der Waals surface area contributed by atoms with E-state index in [0.29, 0.717) is 23.5 Å². The van der Waals surface area contributed by atoms with E-state index in [1.807, 2.05) is 31.2 Å². The first kappa shape index (κ1) is 18.5. The van der Waals surface area contributed by atoms with Crippen molar-refractivity contribution in [2.75, 3.05) is 11.9 Å². The van der Waals surface area contributed by atoms with E-state index in [4.69, 9.17) is 4.74 Å². The molecule has 0 spiro atoms. The number of carbonyl (C=O) groups excluding carboxylic acids is 2. The molecule has 0 saturated heterocycles. The number of hydrogen-bond donors (Lipinski definition) is 2. The predicted octanol–water partition coefficient (Wildman–Crippen LogP) is 3.40. The summed E-state index contributed by atoms with van der Waals surface area (Å²) in [6.07, 6.45) is 0.266. The van der Waals surface area contributed by atoms with Gasteiger partial charge in [-0.3, -0.25) is 9.59 Å². The van der Waals surface area contributed by atoms with Gasteiger partial charge in [0.2, 0.25) is 0 Å². The fourth-order valence-electron chi connectivity index (χ4n) is 2.34. The summed E-state index contributed by atoms with van der Waals surface area (Å²) in [5.41, 5.74) is 2.10. The summed E-state index contributed by atoms with van der Waals surface area (Å²) in [6, 6.07) is 14.6. The topological polar surface area (TPSA) is 67.4 Å². The summed E-state index contributed by atoms with van der Waals surface area (Å²) in [7, 11) is 0. The molecule has 2 amide bonds. The standard InChI is InChI=1S/C20H24N2O3/c1-4-15-10-12-16(13-11-15)25-14(3)19(23)22-18-9-7-6-8-17(18)20(24)21-5-2/h6-14H,4-5H2,1-3H3,(H,21,24)(H,22,23). The summed E-state index contributed by atoms with van der Waals surface area (Å²) >= 11 is 0. The number of rotatable bonds is 7. The van der Waals surface area contributed by atoms with Crippen LogP contribution in [0.15, 0.2) is 48.5 Å². The van der Waals surface area contributed by atoms with Crippen molar-refractivity contribution in [1.82, 2.24) is 5.32 Å². The summed E-state index contributed by atoms with van der Waals surface area (Å²) < 4.78 is 5.68. The SMILES string of the molecule is CCNC(=O)c1ccccc1NC(=O)C(C)Oc1ccc(CC)cc1. The zero-order valence-electron chi connectivity index (χ0n) is 14.8. The monoisotopic (exact) mass is 340 g/mol. The van der Waals surface area contributed by atoms with Gasteiger partial charge < -0.3 is 15.4 Å². The van der Waals surface area contributed by atoms with Gasteiger partial charge in [-0.2, -0.15) is 0 Å². The highest BCUT2D eigenvalue weighted by Gasteiger charge is 2.18. The Balaban J connectivity index is 2.04. The lowest BCUT2D eigenvalue weighted by atomic mass is 10.1. The van der Waals surface area contributed by atoms with Crippen molar-refractivity contribution in [1.29, 1.82) is 0 Å². The van der Waals surface area contributed by atoms with Crippen molar-refractivity contribution < 1.29 is 14.3 Å². The first-order valence-corrected chi connectivity index (χ1v) is 8.48. The molecule has 5 nitrogen and oxygen atoms in total. The summed E-state index contributed by atoms with van der Waals surface area (Å²) in [4.78, 5) is 24.5. The van der Waals surface area contributed by atoms with Gasteiger partial charge in [-0.05, 0) is 50.1 Å². The Morgan fingerprint density at radius 3 is 2.36 bits per heavy atom. The smallest absolute Gasteiger partial charge is 0.265 e. The third kappa shape index (κ3) is 5.08. The molecule has 2 aromatic carbocycles. The van der Waals surface area contributed by atoms with E-state index in [-0.39, 0.29) is 11.8 Å².